The van der Waals surface area contributed by atoms with Crippen LogP contribution in [0.5, 0.6) is 0 Å². The van der Waals surface area contributed by atoms with Crippen molar-refractivity contribution in [3.05, 3.63) is 16.0 Å². The van der Waals surface area contributed by atoms with E-state index in [1.165, 1.54) is 4.91 Å². The van der Waals surface area contributed by atoms with Gasteiger partial charge in [0.25, 0.3) is 0 Å². The Labute approximate surface area is 57.2 Å². The van der Waals surface area contributed by atoms with E-state index >= 15 is 0 Å². The Morgan fingerprint density at radius 1 is 1.25 bits per heavy atom. The van der Waals surface area contributed by atoms with Crippen molar-refractivity contribution in [3.63, 3.8) is 0 Å². The molecule has 0 aliphatic rings. The van der Waals surface area contributed by atoms with Crippen LogP contribution in [0.25, 0.3) is 16.0 Å². The molecule has 0 rings (SSSR count). The van der Waals surface area contributed by atoms with Crippen LogP contribution in [0.15, 0.2) is 0 Å². The van der Waals surface area contributed by atoms with Crippen LogP contribution in [0, 0.1) is 41.7 Å². The molecule has 0 aromatic heterocycles. The maximum atomic E-state index is 6.75. The van der Waals surface area contributed by atoms with Gasteiger partial charge in [0, 0.05) is 41.7 Å². The van der Waals surface area contributed by atoms with E-state index in [9.17, 15) is 0 Å². The minimum atomic E-state index is 0. The molecule has 0 saturated carbocycles. The first-order valence-corrected chi connectivity index (χ1v) is 0.400. The normalized spacial score (nSPS) is 2.00. The molecule has 0 spiro atoms. The van der Waals surface area contributed by atoms with E-state index in [-0.39, 0.29) is 41.7 Å². The molecule has 3 nitrogen and oxygen atoms in total. The maximum Gasteiger partial charge on any atom is 0 e. The second-order valence-corrected chi connectivity index (χ2v) is 0.0894. The van der Waals surface area contributed by atoms with Gasteiger partial charge in [-0.15, -0.1) is 0 Å². The Hall–Kier alpha value is 0.687. The summed E-state index contributed by atoms with van der Waals surface area (Å²) in [6.07, 6.45) is 0. The van der Waals surface area contributed by atoms with Gasteiger partial charge in [-0.2, -0.15) is 0 Å². The maximum absolute atomic E-state index is 6.75. The molecule has 0 aliphatic carbocycles. The smallest absolute Gasteiger partial charge is 0 e. The Kier molecular flexibility index (Phi) is 20.6. The van der Waals surface area contributed by atoms with Crippen LogP contribution in [0.4, 0.5) is 0 Å². The second kappa shape index (κ2) is 9.35. The van der Waals surface area contributed by atoms with Crippen molar-refractivity contribution >= 4 is 0 Å². The van der Waals surface area contributed by atoms with Crippen LogP contribution in [-0.4, -0.2) is 0 Å². The summed E-state index contributed by atoms with van der Waals surface area (Å²) in [5.41, 5.74) is 13.5. The van der Waals surface area contributed by atoms with Gasteiger partial charge in [0.05, 0.1) is 0 Å². The molecule has 0 aromatic rings. The molecular weight excluding hydrogens is 182 g/mol. The molecule has 0 unspecified atom stereocenters. The molecule has 0 aromatic carbocycles. The minimum absolute atomic E-state index is 0. The molecule has 0 atom stereocenters. The first-order chi connectivity index (χ1) is 1.41. The summed E-state index contributed by atoms with van der Waals surface area (Å²) in [4.78, 5) is 1.50. The van der Waals surface area contributed by atoms with Crippen LogP contribution < -0.4 is 0 Å². The van der Waals surface area contributed by atoms with Gasteiger partial charge in [-0.3, -0.25) is 4.91 Å². The fourth-order valence-electron chi connectivity index (χ4n) is 0. The molecule has 20 valence electrons. The molecule has 0 N–H and O–H groups in total. The third-order valence-electron chi connectivity index (χ3n) is 0. The zero-order chi connectivity index (χ0) is 2.71. The Morgan fingerprint density at radius 3 is 1.25 bits per heavy atom. The van der Waals surface area contributed by atoms with Crippen LogP contribution >= 0.6 is 0 Å². The van der Waals surface area contributed by atoms with Crippen molar-refractivity contribution in [2.45, 2.75) is 0 Å². The summed E-state index contributed by atoms with van der Waals surface area (Å²) in [6, 6.07) is 0. The van der Waals surface area contributed by atoms with Gasteiger partial charge in [-0.1, -0.05) is 0 Å². The van der Waals surface area contributed by atoms with Crippen molar-refractivity contribution in [1.82, 2.24) is 0 Å². The topological polar surface area (TPSA) is 58.7 Å². The van der Waals surface area contributed by atoms with Gasteiger partial charge in [0.2, 0.25) is 0 Å². The average Bonchev–Trinajstić information content (AvgIpc) is 0.918. The van der Waals surface area contributed by atoms with Crippen LogP contribution in [0.3, 0.4) is 0 Å². The van der Waals surface area contributed by atoms with Gasteiger partial charge in [-0.25, -0.2) is 0 Å². The number of hydrogen-bond donors (Lipinski definition) is 0. The van der Waals surface area contributed by atoms with E-state index in [0.717, 1.165) is 0 Å². The van der Waals surface area contributed by atoms with Gasteiger partial charge in [0.1, 0.15) is 0 Å². The first-order valence-electron chi connectivity index (χ1n) is 0.400. The summed E-state index contributed by atoms with van der Waals surface area (Å²) < 4.78 is 0. The number of hydrogen-bond acceptors (Lipinski definition) is 0. The molecule has 0 saturated heterocycles. The molecule has 0 bridgehead atoms. The average molecular weight is 182 g/mol. The monoisotopic (exact) mass is 182 g/mol. The summed E-state index contributed by atoms with van der Waals surface area (Å²) in [7, 11) is 0. The zero-order valence-electron chi connectivity index (χ0n) is 1.84. The van der Waals surface area contributed by atoms with E-state index in [1.807, 2.05) is 0 Å². The Morgan fingerprint density at radius 2 is 1.25 bits per heavy atom. The van der Waals surface area contributed by atoms with Crippen LogP contribution in [-0.2, 0) is 0 Å². The minimum Gasteiger partial charge on any atom is -0.373 e. The van der Waals surface area contributed by atoms with Crippen molar-refractivity contribution < 1.29 is 41.7 Å². The summed E-state index contributed by atoms with van der Waals surface area (Å²) >= 11 is 0. The molecule has 0 aliphatic heterocycles. The quantitative estimate of drug-likeness (QED) is 0.303. The molecule has 0 heterocycles. The largest absolute Gasteiger partial charge is 0.373 e. The molecule has 0 radical (unpaired) electrons. The van der Waals surface area contributed by atoms with Crippen molar-refractivity contribution in [2.75, 3.05) is 0 Å². The van der Waals surface area contributed by atoms with Gasteiger partial charge < -0.3 is 11.1 Å². The SMILES string of the molecule is [Ce].[N-]=[N+]=[N-]. The molecule has 4 heavy (non-hydrogen) atoms. The fourth-order valence-corrected chi connectivity index (χ4v) is 0. The van der Waals surface area contributed by atoms with E-state index in [2.05, 4.69) is 0 Å². The van der Waals surface area contributed by atoms with Crippen molar-refractivity contribution in [2.24, 2.45) is 0 Å². The molecular formula is CeN3-. The van der Waals surface area contributed by atoms with E-state index in [4.69, 9.17) is 11.1 Å². The molecule has 4 heteroatoms. The van der Waals surface area contributed by atoms with Crippen LogP contribution in [0.1, 0.15) is 0 Å². The Bertz CT molecular complexity index is 24.3. The van der Waals surface area contributed by atoms with E-state index in [0.29, 0.717) is 0 Å². The predicted octanol–water partition coefficient (Wildman–Crippen LogP) is 0.866. The summed E-state index contributed by atoms with van der Waals surface area (Å²) in [5, 5.41) is 0. The van der Waals surface area contributed by atoms with Gasteiger partial charge >= 0.3 is 0 Å². The van der Waals surface area contributed by atoms with Crippen molar-refractivity contribution in [1.29, 1.82) is 0 Å². The number of nitrogens with zero attached hydrogens (tertiary/aromatic N) is 3. The zero-order valence-corrected chi connectivity index (χ0v) is 4.98. The Balaban J connectivity index is 0. The molecule has 0 amide bonds. The summed E-state index contributed by atoms with van der Waals surface area (Å²) in [6.45, 7) is 0. The fraction of sp³-hybridized carbons (Fsp3) is 0. The first kappa shape index (κ1) is 8.82. The van der Waals surface area contributed by atoms with Crippen LogP contribution in [0.2, 0.25) is 0 Å². The van der Waals surface area contributed by atoms with E-state index < -0.39 is 0 Å². The third-order valence-corrected chi connectivity index (χ3v) is 0. The van der Waals surface area contributed by atoms with E-state index in [1.54, 1.807) is 0 Å². The van der Waals surface area contributed by atoms with Crippen molar-refractivity contribution in [3.8, 4) is 0 Å². The summed E-state index contributed by atoms with van der Waals surface area (Å²) in [5.74, 6) is 0. The molecule has 0 fully saturated rings. The number of rotatable bonds is 0. The predicted molar refractivity (Wildman–Crippen MR) is 10.1 cm³/mol. The second-order valence-electron chi connectivity index (χ2n) is 0.0894. The third kappa shape index (κ3) is 16.2. The van der Waals surface area contributed by atoms with Gasteiger partial charge in [0.15, 0.2) is 0 Å². The standard InChI is InChI=1S/Ce.N3/c;1-3-2/q;-1. The van der Waals surface area contributed by atoms with Gasteiger partial charge in [-0.05, 0) is 0 Å².